The average molecular weight is 245 g/mol. The van der Waals surface area contributed by atoms with Crippen LogP contribution >= 0.6 is 0 Å². The molecule has 0 aromatic heterocycles. The first-order chi connectivity index (χ1) is 8.54. The van der Waals surface area contributed by atoms with Crippen molar-refractivity contribution in [2.24, 2.45) is 5.41 Å². The summed E-state index contributed by atoms with van der Waals surface area (Å²) in [6.45, 7) is 3.51. The van der Waals surface area contributed by atoms with Crippen molar-refractivity contribution in [1.82, 2.24) is 0 Å². The van der Waals surface area contributed by atoms with Crippen LogP contribution in [0.5, 0.6) is 0 Å². The summed E-state index contributed by atoms with van der Waals surface area (Å²) in [5.74, 6) is -0.150. The highest BCUT2D eigenvalue weighted by molar-refractivity contribution is 6.10. The second kappa shape index (κ2) is 4.92. The minimum Gasteiger partial charge on any atom is -0.325 e. The lowest BCUT2D eigenvalue weighted by Crippen LogP contribution is -2.39. The zero-order valence-electron chi connectivity index (χ0n) is 11.0. The number of Topliss-reactive ketones (excluding diaryl/α,β-unsaturated/α-hetero) is 1. The molecule has 18 heavy (non-hydrogen) atoms. The first-order valence-electron chi connectivity index (χ1n) is 6.44. The second-order valence-electron chi connectivity index (χ2n) is 5.17. The van der Waals surface area contributed by atoms with Gasteiger partial charge in [-0.2, -0.15) is 0 Å². The molecule has 0 atom stereocenters. The number of hydrogen-bond donors (Lipinski definition) is 1. The van der Waals surface area contributed by atoms with Crippen LogP contribution in [0.4, 0.5) is 5.69 Å². The van der Waals surface area contributed by atoms with Crippen LogP contribution in [0.3, 0.4) is 0 Å². The van der Waals surface area contributed by atoms with Crippen LogP contribution in [0, 0.1) is 12.3 Å². The molecule has 0 radical (unpaired) electrons. The molecule has 1 saturated carbocycles. The Hall–Kier alpha value is -1.64. The number of nitrogens with one attached hydrogen (secondary N) is 1. The number of rotatable bonds is 3. The average Bonchev–Trinajstić information content (AvgIpc) is 2.79. The van der Waals surface area contributed by atoms with E-state index in [4.69, 9.17) is 0 Å². The molecule has 1 aliphatic rings. The molecular weight excluding hydrogens is 226 g/mol. The molecule has 1 aliphatic carbocycles. The predicted molar refractivity (Wildman–Crippen MR) is 71.4 cm³/mol. The van der Waals surface area contributed by atoms with Crippen molar-refractivity contribution in [3.8, 4) is 0 Å². The van der Waals surface area contributed by atoms with E-state index in [1.165, 1.54) is 6.92 Å². The third-order valence-corrected chi connectivity index (χ3v) is 3.84. The molecule has 1 aromatic rings. The van der Waals surface area contributed by atoms with Crippen LogP contribution in [0.15, 0.2) is 24.3 Å². The summed E-state index contributed by atoms with van der Waals surface area (Å²) in [6.07, 6.45) is 3.28. The van der Waals surface area contributed by atoms with Gasteiger partial charge in [-0.05, 0) is 44.4 Å². The Morgan fingerprint density at radius 3 is 2.44 bits per heavy atom. The smallest absolute Gasteiger partial charge is 0.238 e. The number of anilines is 1. The van der Waals surface area contributed by atoms with Crippen molar-refractivity contribution in [3.63, 3.8) is 0 Å². The summed E-state index contributed by atoms with van der Waals surface area (Å²) in [6, 6.07) is 7.65. The maximum absolute atomic E-state index is 12.4. The largest absolute Gasteiger partial charge is 0.325 e. The number of amides is 1. The van der Waals surface area contributed by atoms with E-state index < -0.39 is 5.41 Å². The van der Waals surface area contributed by atoms with Crippen LogP contribution < -0.4 is 5.32 Å². The fraction of sp³-hybridized carbons (Fsp3) is 0.467. The van der Waals surface area contributed by atoms with Crippen molar-refractivity contribution in [2.75, 3.05) is 5.32 Å². The van der Waals surface area contributed by atoms with Crippen molar-refractivity contribution in [2.45, 2.75) is 39.5 Å². The van der Waals surface area contributed by atoms with E-state index in [-0.39, 0.29) is 11.7 Å². The van der Waals surface area contributed by atoms with Gasteiger partial charge in [-0.25, -0.2) is 0 Å². The van der Waals surface area contributed by atoms with Gasteiger partial charge in [-0.1, -0.05) is 25.0 Å². The van der Waals surface area contributed by atoms with Gasteiger partial charge in [0.15, 0.2) is 0 Å². The van der Waals surface area contributed by atoms with Gasteiger partial charge < -0.3 is 5.32 Å². The number of carbonyl (C=O) groups is 2. The minimum absolute atomic E-state index is 0.00912. The van der Waals surface area contributed by atoms with Crippen LogP contribution in [0.2, 0.25) is 0 Å². The molecule has 1 amide bonds. The van der Waals surface area contributed by atoms with Gasteiger partial charge in [0.2, 0.25) is 5.91 Å². The Bertz CT molecular complexity index is 473. The predicted octanol–water partition coefficient (Wildman–Crippen LogP) is 3.08. The fourth-order valence-electron chi connectivity index (χ4n) is 2.69. The molecule has 0 unspecified atom stereocenters. The summed E-state index contributed by atoms with van der Waals surface area (Å²) in [5, 5.41) is 2.89. The van der Waals surface area contributed by atoms with E-state index in [0.29, 0.717) is 12.8 Å². The van der Waals surface area contributed by atoms with Gasteiger partial charge in [-0.15, -0.1) is 0 Å². The van der Waals surface area contributed by atoms with Crippen molar-refractivity contribution in [1.29, 1.82) is 0 Å². The van der Waals surface area contributed by atoms with Gasteiger partial charge in [0.25, 0.3) is 0 Å². The van der Waals surface area contributed by atoms with E-state index in [2.05, 4.69) is 5.32 Å². The molecule has 0 spiro atoms. The van der Waals surface area contributed by atoms with Crippen molar-refractivity contribution < 1.29 is 9.59 Å². The normalized spacial score (nSPS) is 17.4. The van der Waals surface area contributed by atoms with Gasteiger partial charge in [0.1, 0.15) is 11.2 Å². The van der Waals surface area contributed by atoms with E-state index >= 15 is 0 Å². The first kappa shape index (κ1) is 12.8. The summed E-state index contributed by atoms with van der Waals surface area (Å²) in [7, 11) is 0. The highest BCUT2D eigenvalue weighted by Crippen LogP contribution is 2.39. The zero-order chi connectivity index (χ0) is 13.2. The molecule has 0 bridgehead atoms. The SMILES string of the molecule is CC(=O)C1(C(=O)Nc2cccc(C)c2)CCCC1. The molecule has 0 aliphatic heterocycles. The van der Waals surface area contributed by atoms with E-state index in [9.17, 15) is 9.59 Å². The highest BCUT2D eigenvalue weighted by atomic mass is 16.2. The summed E-state index contributed by atoms with van der Waals surface area (Å²) >= 11 is 0. The van der Waals surface area contributed by atoms with Gasteiger partial charge in [0.05, 0.1) is 0 Å². The molecule has 3 heteroatoms. The van der Waals surface area contributed by atoms with Crippen LogP contribution in [0.1, 0.15) is 38.2 Å². The Balaban J connectivity index is 2.18. The number of benzene rings is 1. The summed E-state index contributed by atoms with van der Waals surface area (Å²) in [4.78, 5) is 24.2. The lowest BCUT2D eigenvalue weighted by atomic mass is 9.81. The van der Waals surface area contributed by atoms with Gasteiger partial charge in [0, 0.05) is 5.69 Å². The molecule has 1 aromatic carbocycles. The fourth-order valence-corrected chi connectivity index (χ4v) is 2.69. The third-order valence-electron chi connectivity index (χ3n) is 3.84. The van der Waals surface area contributed by atoms with E-state index in [1.807, 2.05) is 31.2 Å². The third kappa shape index (κ3) is 2.30. The Morgan fingerprint density at radius 2 is 1.89 bits per heavy atom. The Morgan fingerprint density at radius 1 is 1.22 bits per heavy atom. The maximum atomic E-state index is 12.4. The minimum atomic E-state index is -0.788. The molecule has 96 valence electrons. The Labute approximate surface area is 108 Å². The highest BCUT2D eigenvalue weighted by Gasteiger charge is 2.45. The van der Waals surface area contributed by atoms with E-state index in [0.717, 1.165) is 24.1 Å². The molecule has 1 N–H and O–H groups in total. The number of aryl methyl sites for hydroxylation is 1. The molecular formula is C15H19NO2. The first-order valence-corrected chi connectivity index (χ1v) is 6.44. The monoisotopic (exact) mass is 245 g/mol. The van der Waals surface area contributed by atoms with Crippen LogP contribution in [-0.2, 0) is 9.59 Å². The number of ketones is 1. The quantitative estimate of drug-likeness (QED) is 0.832. The van der Waals surface area contributed by atoms with Crippen molar-refractivity contribution >= 4 is 17.4 Å². The van der Waals surface area contributed by atoms with Crippen molar-refractivity contribution in [3.05, 3.63) is 29.8 Å². The van der Waals surface area contributed by atoms with Gasteiger partial charge >= 0.3 is 0 Å². The topological polar surface area (TPSA) is 46.2 Å². The summed E-state index contributed by atoms with van der Waals surface area (Å²) in [5.41, 5.74) is 1.08. The standard InChI is InChI=1S/C15H19NO2/c1-11-6-5-7-13(10-11)16-14(18)15(12(2)17)8-3-4-9-15/h5-7,10H,3-4,8-9H2,1-2H3,(H,16,18). The van der Waals surface area contributed by atoms with Crippen LogP contribution in [0.25, 0.3) is 0 Å². The molecule has 0 saturated heterocycles. The van der Waals surface area contributed by atoms with Gasteiger partial charge in [-0.3, -0.25) is 9.59 Å². The molecule has 2 rings (SSSR count). The molecule has 1 fully saturated rings. The maximum Gasteiger partial charge on any atom is 0.238 e. The molecule has 0 heterocycles. The zero-order valence-corrected chi connectivity index (χ0v) is 11.0. The van der Waals surface area contributed by atoms with Crippen LogP contribution in [-0.4, -0.2) is 11.7 Å². The number of carbonyl (C=O) groups excluding carboxylic acids is 2. The number of hydrogen-bond acceptors (Lipinski definition) is 2. The Kier molecular flexibility index (Phi) is 3.50. The summed E-state index contributed by atoms with van der Waals surface area (Å²) < 4.78 is 0. The lowest BCUT2D eigenvalue weighted by Gasteiger charge is -2.24. The molecule has 3 nitrogen and oxygen atoms in total. The lowest BCUT2D eigenvalue weighted by molar-refractivity contribution is -0.137. The second-order valence-corrected chi connectivity index (χ2v) is 5.17. The van der Waals surface area contributed by atoms with E-state index in [1.54, 1.807) is 0 Å².